The molecule has 0 radical (unpaired) electrons. The van der Waals surface area contributed by atoms with Crippen LogP contribution < -0.4 is 0 Å². The van der Waals surface area contributed by atoms with Crippen LogP contribution in [0.1, 0.15) is 22.3 Å². The zero-order chi connectivity index (χ0) is 13.8. The van der Waals surface area contributed by atoms with E-state index in [1.807, 2.05) is 6.07 Å². The van der Waals surface area contributed by atoms with Gasteiger partial charge >= 0.3 is 11.9 Å². The SMILES string of the molecule is COC(=O)CC=Cc1ccc2[nH]cc(C(=O)O)c2c1. The lowest BCUT2D eigenvalue weighted by Crippen LogP contribution is -1.96. The Morgan fingerprint density at radius 2 is 2.21 bits per heavy atom. The minimum absolute atomic E-state index is 0.188. The lowest BCUT2D eigenvalue weighted by Gasteiger charge is -1.97. The van der Waals surface area contributed by atoms with Gasteiger partial charge in [0.05, 0.1) is 19.1 Å². The molecule has 5 heteroatoms. The molecule has 0 bridgehead atoms. The number of benzene rings is 1. The predicted octanol–water partition coefficient (Wildman–Crippen LogP) is 2.44. The van der Waals surface area contributed by atoms with E-state index in [2.05, 4.69) is 9.72 Å². The average molecular weight is 259 g/mol. The van der Waals surface area contributed by atoms with Gasteiger partial charge < -0.3 is 14.8 Å². The number of hydrogen-bond acceptors (Lipinski definition) is 3. The maximum absolute atomic E-state index is 11.0. The molecule has 19 heavy (non-hydrogen) atoms. The number of ether oxygens (including phenoxy) is 1. The van der Waals surface area contributed by atoms with Crippen molar-refractivity contribution in [3.05, 3.63) is 41.6 Å². The van der Waals surface area contributed by atoms with E-state index in [1.54, 1.807) is 24.3 Å². The molecule has 0 aliphatic carbocycles. The molecule has 2 rings (SSSR count). The van der Waals surface area contributed by atoms with E-state index in [-0.39, 0.29) is 18.0 Å². The average Bonchev–Trinajstić information content (AvgIpc) is 2.81. The van der Waals surface area contributed by atoms with Crippen molar-refractivity contribution in [2.45, 2.75) is 6.42 Å². The van der Waals surface area contributed by atoms with Gasteiger partial charge in [-0.1, -0.05) is 18.2 Å². The van der Waals surface area contributed by atoms with Crippen molar-refractivity contribution < 1.29 is 19.4 Å². The van der Waals surface area contributed by atoms with Crippen LogP contribution in [0.15, 0.2) is 30.5 Å². The summed E-state index contributed by atoms with van der Waals surface area (Å²) in [6.07, 6.45) is 5.09. The van der Waals surface area contributed by atoms with Gasteiger partial charge in [-0.25, -0.2) is 4.79 Å². The third-order valence-electron chi connectivity index (χ3n) is 2.76. The van der Waals surface area contributed by atoms with Crippen LogP contribution in [-0.4, -0.2) is 29.1 Å². The van der Waals surface area contributed by atoms with Crippen LogP contribution in [0.2, 0.25) is 0 Å². The summed E-state index contributed by atoms with van der Waals surface area (Å²) in [5.74, 6) is -1.29. The Bertz CT molecular complexity index is 655. The van der Waals surface area contributed by atoms with Crippen LogP contribution in [0.3, 0.4) is 0 Å². The molecule has 0 amide bonds. The molecule has 0 atom stereocenters. The summed E-state index contributed by atoms with van der Waals surface area (Å²) in [4.78, 5) is 24.9. The number of esters is 1. The molecule has 0 fully saturated rings. The highest BCUT2D eigenvalue weighted by atomic mass is 16.5. The smallest absolute Gasteiger partial charge is 0.337 e. The highest BCUT2D eigenvalue weighted by Gasteiger charge is 2.09. The number of carboxylic acid groups (broad SMARTS) is 1. The Kier molecular flexibility index (Phi) is 3.66. The monoisotopic (exact) mass is 259 g/mol. The number of H-pyrrole nitrogens is 1. The van der Waals surface area contributed by atoms with E-state index in [4.69, 9.17) is 5.11 Å². The molecule has 98 valence electrons. The second-order valence-corrected chi connectivity index (χ2v) is 4.00. The Morgan fingerprint density at radius 3 is 2.89 bits per heavy atom. The zero-order valence-electron chi connectivity index (χ0n) is 10.3. The summed E-state index contributed by atoms with van der Waals surface area (Å²) < 4.78 is 4.52. The molecule has 0 spiro atoms. The standard InChI is InChI=1S/C14H13NO4/c1-19-13(16)4-2-3-9-5-6-12-10(7-9)11(8-15-12)14(17)18/h2-3,5-8,15H,4H2,1H3,(H,17,18). The van der Waals surface area contributed by atoms with Gasteiger partial charge in [0.2, 0.25) is 0 Å². The molecule has 2 aromatic rings. The number of fused-ring (bicyclic) bond motifs is 1. The molecule has 0 aliphatic heterocycles. The number of carbonyl (C=O) groups is 2. The molecule has 1 aromatic carbocycles. The van der Waals surface area contributed by atoms with Crippen molar-refractivity contribution in [3.8, 4) is 0 Å². The third-order valence-corrected chi connectivity index (χ3v) is 2.76. The van der Waals surface area contributed by atoms with Crippen LogP contribution in [-0.2, 0) is 9.53 Å². The van der Waals surface area contributed by atoms with Crippen molar-refractivity contribution in [2.24, 2.45) is 0 Å². The minimum Gasteiger partial charge on any atom is -0.478 e. The van der Waals surface area contributed by atoms with Crippen molar-refractivity contribution in [2.75, 3.05) is 7.11 Å². The topological polar surface area (TPSA) is 79.4 Å². The van der Waals surface area contributed by atoms with Gasteiger partial charge in [-0.05, 0) is 17.7 Å². The predicted molar refractivity (Wildman–Crippen MR) is 70.9 cm³/mol. The van der Waals surface area contributed by atoms with Gasteiger partial charge in [0, 0.05) is 17.1 Å². The fourth-order valence-corrected chi connectivity index (χ4v) is 1.79. The van der Waals surface area contributed by atoms with E-state index in [1.165, 1.54) is 13.3 Å². The number of carboxylic acids is 1. The Hall–Kier alpha value is -2.56. The number of aromatic carboxylic acids is 1. The first-order valence-corrected chi connectivity index (χ1v) is 5.69. The third kappa shape index (κ3) is 2.82. The summed E-state index contributed by atoms with van der Waals surface area (Å²) in [6, 6.07) is 5.42. The first-order chi connectivity index (χ1) is 9.11. The normalized spacial score (nSPS) is 11.0. The van der Waals surface area contributed by atoms with Crippen LogP contribution in [0.5, 0.6) is 0 Å². The largest absolute Gasteiger partial charge is 0.478 e. The maximum atomic E-state index is 11.0. The molecule has 0 saturated heterocycles. The number of carbonyl (C=O) groups excluding carboxylic acids is 1. The van der Waals surface area contributed by atoms with E-state index in [0.29, 0.717) is 5.39 Å². The van der Waals surface area contributed by atoms with E-state index in [0.717, 1.165) is 11.1 Å². The molecule has 5 nitrogen and oxygen atoms in total. The molecular weight excluding hydrogens is 246 g/mol. The van der Waals surface area contributed by atoms with Crippen LogP contribution >= 0.6 is 0 Å². The van der Waals surface area contributed by atoms with Gasteiger partial charge in [-0.15, -0.1) is 0 Å². The van der Waals surface area contributed by atoms with Gasteiger partial charge in [0.1, 0.15) is 0 Å². The minimum atomic E-state index is -0.970. The maximum Gasteiger partial charge on any atom is 0.337 e. The molecule has 0 unspecified atom stereocenters. The fourth-order valence-electron chi connectivity index (χ4n) is 1.79. The summed E-state index contributed by atoms with van der Waals surface area (Å²) in [5, 5.41) is 9.69. The summed E-state index contributed by atoms with van der Waals surface area (Å²) in [7, 11) is 1.33. The second kappa shape index (κ2) is 5.39. The lowest BCUT2D eigenvalue weighted by molar-refractivity contribution is -0.139. The van der Waals surface area contributed by atoms with Crippen LogP contribution in [0, 0.1) is 0 Å². The molecule has 1 heterocycles. The van der Waals surface area contributed by atoms with Gasteiger partial charge in [-0.2, -0.15) is 0 Å². The molecule has 0 aliphatic rings. The molecular formula is C14H13NO4. The Balaban J connectivity index is 2.27. The number of methoxy groups -OCH3 is 1. The van der Waals surface area contributed by atoms with Gasteiger partial charge in [0.25, 0.3) is 0 Å². The van der Waals surface area contributed by atoms with Gasteiger partial charge in [0.15, 0.2) is 0 Å². The lowest BCUT2D eigenvalue weighted by atomic mass is 10.1. The number of aromatic nitrogens is 1. The van der Waals surface area contributed by atoms with Gasteiger partial charge in [-0.3, -0.25) is 4.79 Å². The number of rotatable bonds is 4. The van der Waals surface area contributed by atoms with Crippen molar-refractivity contribution in [1.82, 2.24) is 4.98 Å². The van der Waals surface area contributed by atoms with Crippen LogP contribution in [0.25, 0.3) is 17.0 Å². The first kappa shape index (κ1) is 12.9. The number of nitrogens with one attached hydrogen (secondary N) is 1. The first-order valence-electron chi connectivity index (χ1n) is 5.69. The second-order valence-electron chi connectivity index (χ2n) is 4.00. The van der Waals surface area contributed by atoms with E-state index >= 15 is 0 Å². The summed E-state index contributed by atoms with van der Waals surface area (Å²) in [5.41, 5.74) is 1.83. The van der Waals surface area contributed by atoms with E-state index in [9.17, 15) is 9.59 Å². The molecule has 1 aromatic heterocycles. The Morgan fingerprint density at radius 1 is 1.42 bits per heavy atom. The molecule has 0 saturated carbocycles. The van der Waals surface area contributed by atoms with E-state index < -0.39 is 5.97 Å². The fraction of sp³-hybridized carbons (Fsp3) is 0.143. The molecule has 2 N–H and O–H groups in total. The highest BCUT2D eigenvalue weighted by Crippen LogP contribution is 2.20. The number of aromatic amines is 1. The van der Waals surface area contributed by atoms with Crippen molar-refractivity contribution >= 4 is 28.9 Å². The van der Waals surface area contributed by atoms with Crippen LogP contribution in [0.4, 0.5) is 0 Å². The Labute approximate surface area is 109 Å². The quantitative estimate of drug-likeness (QED) is 0.826. The number of hydrogen-bond donors (Lipinski definition) is 2. The van der Waals surface area contributed by atoms with Crippen molar-refractivity contribution in [1.29, 1.82) is 0 Å². The summed E-state index contributed by atoms with van der Waals surface area (Å²) >= 11 is 0. The highest BCUT2D eigenvalue weighted by molar-refractivity contribution is 6.03. The summed E-state index contributed by atoms with van der Waals surface area (Å²) in [6.45, 7) is 0. The zero-order valence-corrected chi connectivity index (χ0v) is 10.3. The van der Waals surface area contributed by atoms with Crippen molar-refractivity contribution in [3.63, 3.8) is 0 Å².